The first-order valence-corrected chi connectivity index (χ1v) is 7.09. The summed E-state index contributed by atoms with van der Waals surface area (Å²) in [4.78, 5) is 16.3. The number of aryl methyl sites for hydroxylation is 2. The lowest BCUT2D eigenvalue weighted by molar-refractivity contribution is 0.251. The predicted molar refractivity (Wildman–Crippen MR) is 86.3 cm³/mol. The number of benzene rings is 1. The Morgan fingerprint density at radius 1 is 1.35 bits per heavy atom. The first-order chi connectivity index (χ1) is 11.1. The summed E-state index contributed by atoms with van der Waals surface area (Å²) in [5.74, 6) is 0.373. The van der Waals surface area contributed by atoms with E-state index in [1.807, 2.05) is 29.8 Å². The Morgan fingerprint density at radius 3 is 2.96 bits per heavy atom. The molecule has 0 radical (unpaired) electrons. The van der Waals surface area contributed by atoms with E-state index in [0.717, 1.165) is 16.6 Å². The number of fused-ring (bicyclic) bond motifs is 1. The number of nitrogens with one attached hydrogen (secondary N) is 2. The minimum absolute atomic E-state index is 0.322. The van der Waals surface area contributed by atoms with E-state index in [2.05, 4.69) is 20.7 Å². The molecule has 0 aliphatic heterocycles. The Kier molecular flexibility index (Phi) is 3.88. The maximum atomic E-state index is 12.0. The van der Waals surface area contributed by atoms with E-state index >= 15 is 0 Å². The van der Waals surface area contributed by atoms with E-state index < -0.39 is 0 Å². The molecule has 0 spiro atoms. The average molecular weight is 314 g/mol. The number of anilines is 1. The van der Waals surface area contributed by atoms with Crippen LogP contribution in [0.15, 0.2) is 30.7 Å². The Bertz CT molecular complexity index is 851. The normalized spacial score (nSPS) is 10.7. The summed E-state index contributed by atoms with van der Waals surface area (Å²) in [6, 6.07) is 5.59. The van der Waals surface area contributed by atoms with Gasteiger partial charge in [0.1, 0.15) is 5.69 Å². The number of nitrogens with zero attached hydrogens (tertiary/aromatic N) is 4. The Balaban J connectivity index is 1.63. The standard InChI is InChI=1S/C15H18N6O2/c1-20-9-17-11-6-10(4-5-13(11)20)7-16-15(22)18-12-8-21(2)19-14(12)23-3/h4-6,8-9H,7H2,1-3H3,(H2,16,18,22). The molecule has 0 unspecified atom stereocenters. The second-order valence-electron chi connectivity index (χ2n) is 5.21. The Labute approximate surface area is 133 Å². The number of carbonyl (C=O) groups excluding carboxylic acids is 1. The van der Waals surface area contributed by atoms with Gasteiger partial charge in [0.25, 0.3) is 5.88 Å². The third-order valence-corrected chi connectivity index (χ3v) is 3.48. The summed E-state index contributed by atoms with van der Waals surface area (Å²) >= 11 is 0. The maximum absolute atomic E-state index is 12.0. The fourth-order valence-corrected chi connectivity index (χ4v) is 2.35. The van der Waals surface area contributed by atoms with E-state index in [9.17, 15) is 4.79 Å². The Morgan fingerprint density at radius 2 is 2.17 bits per heavy atom. The molecule has 8 nitrogen and oxygen atoms in total. The number of hydrogen-bond acceptors (Lipinski definition) is 4. The molecule has 2 heterocycles. The van der Waals surface area contributed by atoms with Crippen LogP contribution in [-0.4, -0.2) is 32.5 Å². The zero-order valence-electron chi connectivity index (χ0n) is 13.2. The molecule has 0 saturated carbocycles. The van der Waals surface area contributed by atoms with Crippen molar-refractivity contribution < 1.29 is 9.53 Å². The van der Waals surface area contributed by atoms with Crippen molar-refractivity contribution in [1.29, 1.82) is 0 Å². The van der Waals surface area contributed by atoms with Crippen LogP contribution in [0.1, 0.15) is 5.56 Å². The van der Waals surface area contributed by atoms with Gasteiger partial charge in [-0.05, 0) is 17.7 Å². The van der Waals surface area contributed by atoms with Crippen molar-refractivity contribution in [2.75, 3.05) is 12.4 Å². The van der Waals surface area contributed by atoms with Crippen LogP contribution in [0, 0.1) is 0 Å². The highest BCUT2D eigenvalue weighted by Gasteiger charge is 2.11. The molecule has 2 amide bonds. The van der Waals surface area contributed by atoms with Crippen molar-refractivity contribution in [3.05, 3.63) is 36.3 Å². The zero-order chi connectivity index (χ0) is 16.4. The highest BCUT2D eigenvalue weighted by molar-refractivity contribution is 5.90. The highest BCUT2D eigenvalue weighted by atomic mass is 16.5. The third-order valence-electron chi connectivity index (χ3n) is 3.48. The third kappa shape index (κ3) is 3.10. The molecular weight excluding hydrogens is 296 g/mol. The number of rotatable bonds is 4. The van der Waals surface area contributed by atoms with Gasteiger partial charge in [0.05, 0.1) is 30.7 Å². The lowest BCUT2D eigenvalue weighted by atomic mass is 10.2. The second-order valence-corrected chi connectivity index (χ2v) is 5.21. The molecule has 0 atom stereocenters. The summed E-state index contributed by atoms with van der Waals surface area (Å²) in [6.07, 6.45) is 3.45. The molecule has 0 aliphatic rings. The summed E-state index contributed by atoms with van der Waals surface area (Å²) in [6.45, 7) is 0.404. The van der Waals surface area contributed by atoms with Crippen LogP contribution < -0.4 is 15.4 Å². The van der Waals surface area contributed by atoms with E-state index in [4.69, 9.17) is 4.74 Å². The number of amides is 2. The van der Waals surface area contributed by atoms with Crippen LogP contribution in [0.3, 0.4) is 0 Å². The molecule has 0 saturated heterocycles. The second kappa shape index (κ2) is 5.99. The van der Waals surface area contributed by atoms with Gasteiger partial charge in [-0.25, -0.2) is 9.78 Å². The fourth-order valence-electron chi connectivity index (χ4n) is 2.35. The molecule has 2 aromatic heterocycles. The van der Waals surface area contributed by atoms with Gasteiger partial charge in [-0.3, -0.25) is 4.68 Å². The van der Waals surface area contributed by atoms with Crippen LogP contribution in [0.5, 0.6) is 5.88 Å². The van der Waals surface area contributed by atoms with Crippen molar-refractivity contribution in [3.63, 3.8) is 0 Å². The highest BCUT2D eigenvalue weighted by Crippen LogP contribution is 2.20. The first kappa shape index (κ1) is 14.9. The maximum Gasteiger partial charge on any atom is 0.319 e. The van der Waals surface area contributed by atoms with E-state index in [-0.39, 0.29) is 6.03 Å². The molecule has 0 bridgehead atoms. The van der Waals surface area contributed by atoms with Gasteiger partial charge in [-0.2, -0.15) is 0 Å². The number of ether oxygens (including phenoxy) is 1. The molecule has 3 aromatic rings. The number of imidazole rings is 1. The van der Waals surface area contributed by atoms with Gasteiger partial charge in [0.15, 0.2) is 0 Å². The SMILES string of the molecule is COc1nn(C)cc1NC(=O)NCc1ccc2c(c1)ncn2C. The lowest BCUT2D eigenvalue weighted by Crippen LogP contribution is -2.28. The fraction of sp³-hybridized carbons (Fsp3) is 0.267. The van der Waals surface area contributed by atoms with Gasteiger partial charge in [0.2, 0.25) is 0 Å². The molecule has 0 fully saturated rings. The van der Waals surface area contributed by atoms with Crippen LogP contribution >= 0.6 is 0 Å². The number of methoxy groups -OCH3 is 1. The van der Waals surface area contributed by atoms with Crippen LogP contribution in [0.4, 0.5) is 10.5 Å². The molecule has 3 rings (SSSR count). The van der Waals surface area contributed by atoms with Gasteiger partial charge >= 0.3 is 6.03 Å². The minimum atomic E-state index is -0.322. The van der Waals surface area contributed by atoms with Crippen molar-refractivity contribution >= 4 is 22.8 Å². The monoisotopic (exact) mass is 314 g/mol. The number of aromatic nitrogens is 4. The molecule has 0 aliphatic carbocycles. The Hall–Kier alpha value is -3.03. The van der Waals surface area contributed by atoms with Crippen LogP contribution in [-0.2, 0) is 20.6 Å². The van der Waals surface area contributed by atoms with Crippen molar-refractivity contribution in [3.8, 4) is 5.88 Å². The largest absolute Gasteiger partial charge is 0.478 e. The van der Waals surface area contributed by atoms with Crippen LogP contribution in [0.25, 0.3) is 11.0 Å². The molecule has 8 heteroatoms. The van der Waals surface area contributed by atoms with Crippen molar-refractivity contribution in [1.82, 2.24) is 24.6 Å². The van der Waals surface area contributed by atoms with E-state index in [0.29, 0.717) is 18.1 Å². The van der Waals surface area contributed by atoms with Gasteiger partial charge in [-0.1, -0.05) is 6.07 Å². The number of carbonyl (C=O) groups is 1. The summed E-state index contributed by atoms with van der Waals surface area (Å²) in [5, 5.41) is 9.60. The minimum Gasteiger partial charge on any atom is -0.478 e. The first-order valence-electron chi connectivity index (χ1n) is 7.09. The van der Waals surface area contributed by atoms with Crippen molar-refractivity contribution in [2.45, 2.75) is 6.54 Å². The molecule has 2 N–H and O–H groups in total. The molecule has 1 aromatic carbocycles. The summed E-state index contributed by atoms with van der Waals surface area (Å²) in [5.41, 5.74) is 3.46. The zero-order valence-corrected chi connectivity index (χ0v) is 13.2. The van der Waals surface area contributed by atoms with Gasteiger partial charge in [0, 0.05) is 20.6 Å². The smallest absolute Gasteiger partial charge is 0.319 e. The summed E-state index contributed by atoms with van der Waals surface area (Å²) in [7, 11) is 5.21. The lowest BCUT2D eigenvalue weighted by Gasteiger charge is -2.07. The van der Waals surface area contributed by atoms with E-state index in [1.54, 1.807) is 24.3 Å². The quantitative estimate of drug-likeness (QED) is 0.766. The summed E-state index contributed by atoms with van der Waals surface area (Å²) < 4.78 is 8.62. The number of hydrogen-bond donors (Lipinski definition) is 2. The molecular formula is C15H18N6O2. The van der Waals surface area contributed by atoms with Gasteiger partial charge < -0.3 is 19.9 Å². The molecule has 120 valence electrons. The molecule has 23 heavy (non-hydrogen) atoms. The number of urea groups is 1. The average Bonchev–Trinajstić information content (AvgIpc) is 3.08. The van der Waals surface area contributed by atoms with Gasteiger partial charge in [-0.15, -0.1) is 5.10 Å². The van der Waals surface area contributed by atoms with E-state index in [1.165, 1.54) is 7.11 Å². The van der Waals surface area contributed by atoms with Crippen LogP contribution in [0.2, 0.25) is 0 Å². The topological polar surface area (TPSA) is 86.0 Å². The van der Waals surface area contributed by atoms with Crippen molar-refractivity contribution in [2.24, 2.45) is 14.1 Å². The predicted octanol–water partition coefficient (Wildman–Crippen LogP) is 1.64.